The van der Waals surface area contributed by atoms with Crippen molar-refractivity contribution < 1.29 is 17.9 Å². The van der Waals surface area contributed by atoms with Crippen molar-refractivity contribution in [2.45, 2.75) is 31.1 Å². The largest absolute Gasteiger partial charge is 0.454 e. The van der Waals surface area contributed by atoms with E-state index in [1.54, 1.807) is 30.3 Å². The van der Waals surface area contributed by atoms with Crippen LogP contribution in [0.5, 0.6) is 11.5 Å². The van der Waals surface area contributed by atoms with Gasteiger partial charge >= 0.3 is 0 Å². The number of primary sulfonamides is 1. The normalized spacial score (nSPS) is 11.4. The number of hydrogen-bond acceptors (Lipinski definition) is 6. The van der Waals surface area contributed by atoms with E-state index < -0.39 is 10.0 Å². The van der Waals surface area contributed by atoms with Crippen molar-refractivity contribution in [1.82, 2.24) is 10.2 Å². The Morgan fingerprint density at radius 1 is 1.10 bits per heavy atom. The molecule has 0 radical (unpaired) electrons. The smallest absolute Gasteiger partial charge is 0.251 e. The third-order valence-electron chi connectivity index (χ3n) is 4.50. The van der Waals surface area contributed by atoms with E-state index in [1.807, 2.05) is 25.1 Å². The average molecular weight is 449 g/mol. The summed E-state index contributed by atoms with van der Waals surface area (Å²) in [4.78, 5) is 14.5. The van der Waals surface area contributed by atoms with Crippen molar-refractivity contribution in [3.05, 3.63) is 48.0 Å². The van der Waals surface area contributed by atoms with Crippen molar-refractivity contribution in [2.24, 2.45) is 5.14 Å². The molecule has 9 heteroatoms. The summed E-state index contributed by atoms with van der Waals surface area (Å²) in [6.07, 6.45) is 2.60. The Balaban J connectivity index is 2.41. The zero-order chi connectivity index (χ0) is 22.9. The molecule has 1 amide bonds. The summed E-state index contributed by atoms with van der Waals surface area (Å²) in [5.74, 6) is 0.175. The summed E-state index contributed by atoms with van der Waals surface area (Å²) in [6.45, 7) is 3.95. The van der Waals surface area contributed by atoms with Gasteiger partial charge < -0.3 is 20.3 Å². The Hall–Kier alpha value is -2.62. The predicted octanol–water partition coefficient (Wildman–Crippen LogP) is 3.02. The van der Waals surface area contributed by atoms with Crippen LogP contribution in [-0.2, 0) is 10.0 Å². The van der Waals surface area contributed by atoms with Crippen molar-refractivity contribution in [1.29, 1.82) is 0 Å². The summed E-state index contributed by atoms with van der Waals surface area (Å²) in [5.41, 5.74) is 0.607. The molecule has 0 saturated carbocycles. The molecule has 0 aliphatic heterocycles. The van der Waals surface area contributed by atoms with Gasteiger partial charge in [0.25, 0.3) is 5.91 Å². The minimum atomic E-state index is -4.15. The standard InChI is InChI=1S/C22H32N4O4S/c1-4-5-12-24-19-15-17(22(27)25-13-9-14-26(2)3)16-20(31(23,28)29)21(19)30-18-10-7-6-8-11-18/h6-8,10-11,15-16,24H,4-5,9,12-14H2,1-3H3,(H,25,27)(H2,23,28,29). The molecular weight excluding hydrogens is 416 g/mol. The summed E-state index contributed by atoms with van der Waals surface area (Å²) >= 11 is 0. The van der Waals surface area contributed by atoms with E-state index in [1.165, 1.54) is 6.07 Å². The SMILES string of the molecule is CCCCNc1cc(C(=O)NCCCN(C)C)cc(S(N)(=O)=O)c1Oc1ccccc1. The number of carbonyl (C=O) groups is 1. The summed E-state index contributed by atoms with van der Waals surface area (Å²) in [7, 11) is -0.234. The number of nitrogens with zero attached hydrogens (tertiary/aromatic N) is 1. The minimum Gasteiger partial charge on any atom is -0.454 e. The molecular formula is C22H32N4O4S. The zero-order valence-electron chi connectivity index (χ0n) is 18.3. The summed E-state index contributed by atoms with van der Waals surface area (Å²) < 4.78 is 30.6. The number of unbranched alkanes of at least 4 members (excludes halogenated alkanes) is 1. The number of nitrogens with one attached hydrogen (secondary N) is 2. The Bertz CT molecular complexity index is 963. The van der Waals surface area contributed by atoms with Gasteiger partial charge in [-0.15, -0.1) is 0 Å². The van der Waals surface area contributed by atoms with Gasteiger partial charge in [-0.3, -0.25) is 4.79 Å². The lowest BCUT2D eigenvalue weighted by atomic mass is 10.1. The number of benzene rings is 2. The van der Waals surface area contributed by atoms with Gasteiger partial charge in [0.2, 0.25) is 10.0 Å². The quantitative estimate of drug-likeness (QED) is 0.430. The van der Waals surface area contributed by atoms with Crippen LogP contribution in [0.25, 0.3) is 0 Å². The first-order chi connectivity index (χ1) is 14.7. The number of rotatable bonds is 12. The molecule has 0 saturated heterocycles. The second kappa shape index (κ2) is 11.7. The van der Waals surface area contributed by atoms with Crippen molar-refractivity contribution in [3.63, 3.8) is 0 Å². The van der Waals surface area contributed by atoms with Crippen LogP contribution in [0.15, 0.2) is 47.4 Å². The number of ether oxygens (including phenoxy) is 1. The molecule has 2 aromatic carbocycles. The van der Waals surface area contributed by atoms with E-state index in [-0.39, 0.29) is 22.1 Å². The fourth-order valence-electron chi connectivity index (χ4n) is 2.89. The van der Waals surface area contributed by atoms with Crippen LogP contribution >= 0.6 is 0 Å². The van der Waals surface area contributed by atoms with E-state index >= 15 is 0 Å². The van der Waals surface area contributed by atoms with Crippen LogP contribution in [0, 0.1) is 0 Å². The van der Waals surface area contributed by atoms with Crippen LogP contribution in [0.2, 0.25) is 0 Å². The fourth-order valence-corrected chi connectivity index (χ4v) is 3.59. The highest BCUT2D eigenvalue weighted by Gasteiger charge is 2.23. The lowest BCUT2D eigenvalue weighted by molar-refractivity contribution is 0.0952. The fraction of sp³-hybridized carbons (Fsp3) is 0.409. The van der Waals surface area contributed by atoms with Crippen LogP contribution in [0.1, 0.15) is 36.5 Å². The van der Waals surface area contributed by atoms with Gasteiger partial charge in [-0.05, 0) is 57.7 Å². The average Bonchev–Trinajstić information content (AvgIpc) is 2.72. The van der Waals surface area contributed by atoms with Crippen molar-refractivity contribution in [3.8, 4) is 11.5 Å². The van der Waals surface area contributed by atoms with Gasteiger partial charge in [-0.2, -0.15) is 0 Å². The van der Waals surface area contributed by atoms with Crippen LogP contribution in [-0.4, -0.2) is 53.0 Å². The third-order valence-corrected chi connectivity index (χ3v) is 5.42. The van der Waals surface area contributed by atoms with Gasteiger partial charge in [0, 0.05) is 18.7 Å². The number of para-hydroxylation sites is 1. The molecule has 0 spiro atoms. The Kier molecular flexibility index (Phi) is 9.29. The maximum atomic E-state index is 12.7. The van der Waals surface area contributed by atoms with E-state index in [0.717, 1.165) is 25.8 Å². The second-order valence-electron chi connectivity index (χ2n) is 7.50. The first-order valence-electron chi connectivity index (χ1n) is 10.3. The summed E-state index contributed by atoms with van der Waals surface area (Å²) in [6, 6.07) is 11.7. The van der Waals surface area contributed by atoms with Crippen molar-refractivity contribution >= 4 is 21.6 Å². The maximum absolute atomic E-state index is 12.7. The van der Waals surface area contributed by atoms with Gasteiger partial charge in [0.15, 0.2) is 5.75 Å². The second-order valence-corrected chi connectivity index (χ2v) is 9.03. The van der Waals surface area contributed by atoms with E-state index in [2.05, 4.69) is 17.6 Å². The maximum Gasteiger partial charge on any atom is 0.251 e. The van der Waals surface area contributed by atoms with E-state index in [4.69, 9.17) is 9.88 Å². The first-order valence-corrected chi connectivity index (χ1v) is 11.9. The molecule has 2 rings (SSSR count). The number of sulfonamides is 1. The van der Waals surface area contributed by atoms with Gasteiger partial charge in [-0.1, -0.05) is 31.5 Å². The zero-order valence-corrected chi connectivity index (χ0v) is 19.2. The van der Waals surface area contributed by atoms with Crippen molar-refractivity contribution in [2.75, 3.05) is 39.0 Å². The van der Waals surface area contributed by atoms with Gasteiger partial charge in [-0.25, -0.2) is 13.6 Å². The number of carbonyl (C=O) groups excluding carboxylic acids is 1. The summed E-state index contributed by atoms with van der Waals surface area (Å²) in [5, 5.41) is 11.5. The van der Waals surface area contributed by atoms with E-state index in [9.17, 15) is 13.2 Å². The number of amides is 1. The minimum absolute atomic E-state index is 0.0777. The number of nitrogens with two attached hydrogens (primary N) is 1. The molecule has 2 aromatic rings. The lowest BCUT2D eigenvalue weighted by Gasteiger charge is -2.18. The van der Waals surface area contributed by atoms with Crippen LogP contribution in [0.4, 0.5) is 5.69 Å². The molecule has 0 aliphatic rings. The molecule has 0 heterocycles. The first kappa shape index (κ1) is 24.6. The molecule has 0 atom stereocenters. The van der Waals surface area contributed by atoms with Gasteiger partial charge in [0.05, 0.1) is 5.69 Å². The monoisotopic (exact) mass is 448 g/mol. The Morgan fingerprint density at radius 2 is 1.81 bits per heavy atom. The highest BCUT2D eigenvalue weighted by Crippen LogP contribution is 2.37. The molecule has 0 fully saturated rings. The van der Waals surface area contributed by atoms with Crippen LogP contribution < -0.4 is 20.5 Å². The molecule has 4 N–H and O–H groups in total. The molecule has 0 bridgehead atoms. The topological polar surface area (TPSA) is 114 Å². The third kappa shape index (κ3) is 7.86. The molecule has 31 heavy (non-hydrogen) atoms. The lowest BCUT2D eigenvalue weighted by Crippen LogP contribution is -2.27. The molecule has 0 aromatic heterocycles. The van der Waals surface area contributed by atoms with Crippen LogP contribution in [0.3, 0.4) is 0 Å². The number of hydrogen-bond donors (Lipinski definition) is 3. The highest BCUT2D eigenvalue weighted by atomic mass is 32.2. The van der Waals surface area contributed by atoms with E-state index in [0.29, 0.717) is 24.5 Å². The number of anilines is 1. The van der Waals surface area contributed by atoms with Gasteiger partial charge in [0.1, 0.15) is 10.6 Å². The molecule has 8 nitrogen and oxygen atoms in total. The predicted molar refractivity (Wildman–Crippen MR) is 123 cm³/mol. The molecule has 0 aliphatic carbocycles. The Labute approximate surface area is 184 Å². The highest BCUT2D eigenvalue weighted by molar-refractivity contribution is 7.89. The molecule has 170 valence electrons. The Morgan fingerprint density at radius 3 is 2.42 bits per heavy atom. The molecule has 0 unspecified atom stereocenters.